The minimum absolute atomic E-state index is 0. The number of aromatic nitrogens is 3. The second-order valence-electron chi connectivity index (χ2n) is 4.43. The second kappa shape index (κ2) is 7.85. The highest BCUT2D eigenvalue weighted by Crippen LogP contribution is 2.27. The van der Waals surface area contributed by atoms with Gasteiger partial charge in [0.2, 0.25) is 0 Å². The number of aromatic amines is 1. The summed E-state index contributed by atoms with van der Waals surface area (Å²) in [7, 11) is 0. The highest BCUT2D eigenvalue weighted by atomic mass is 35.5. The molecule has 2 aromatic heterocycles. The summed E-state index contributed by atoms with van der Waals surface area (Å²) < 4.78 is 5.53. The Kier molecular flexibility index (Phi) is 6.45. The van der Waals surface area contributed by atoms with Crippen LogP contribution in [0, 0.1) is 0 Å². The Bertz CT molecular complexity index is 632. The van der Waals surface area contributed by atoms with Gasteiger partial charge < -0.3 is 10.1 Å². The molecule has 0 unspecified atom stereocenters. The largest absolute Gasteiger partial charge is 0.472 e. The quantitative estimate of drug-likeness (QED) is 0.880. The first-order valence-corrected chi connectivity index (χ1v) is 6.53. The molecule has 0 atom stereocenters. The van der Waals surface area contributed by atoms with E-state index in [0.29, 0.717) is 12.2 Å². The van der Waals surface area contributed by atoms with Crippen LogP contribution in [0.5, 0.6) is 5.88 Å². The summed E-state index contributed by atoms with van der Waals surface area (Å²) in [6, 6.07) is 3.75. The molecular weight excluding hydrogens is 315 g/mol. The van der Waals surface area contributed by atoms with Gasteiger partial charge in [-0.3, -0.25) is 9.78 Å². The van der Waals surface area contributed by atoms with Gasteiger partial charge in [-0.25, -0.2) is 5.10 Å². The molecule has 0 aliphatic carbocycles. The van der Waals surface area contributed by atoms with Gasteiger partial charge >= 0.3 is 0 Å². The third kappa shape index (κ3) is 4.61. The zero-order valence-electron chi connectivity index (χ0n) is 11.6. The van der Waals surface area contributed by atoms with Gasteiger partial charge in [-0.05, 0) is 25.5 Å². The lowest BCUT2D eigenvalue weighted by atomic mass is 10.3. The van der Waals surface area contributed by atoms with Crippen LogP contribution in [-0.2, 0) is 6.54 Å². The Hall–Kier alpha value is -1.79. The first-order chi connectivity index (χ1) is 9.58. The zero-order chi connectivity index (χ0) is 14.5. The maximum atomic E-state index is 11.5. The molecule has 0 amide bonds. The summed E-state index contributed by atoms with van der Waals surface area (Å²) in [5, 5.41) is 9.26. The predicted octanol–water partition coefficient (Wildman–Crippen LogP) is 2.64. The third-order valence-corrected chi connectivity index (χ3v) is 2.79. The highest BCUT2D eigenvalue weighted by Gasteiger charge is 2.14. The van der Waals surface area contributed by atoms with Crippen LogP contribution >= 0.6 is 24.0 Å². The van der Waals surface area contributed by atoms with Gasteiger partial charge in [-0.2, -0.15) is 0 Å². The van der Waals surface area contributed by atoms with E-state index >= 15 is 0 Å². The van der Waals surface area contributed by atoms with E-state index < -0.39 is 5.56 Å². The van der Waals surface area contributed by atoms with Gasteiger partial charge in [0.05, 0.1) is 6.10 Å². The van der Waals surface area contributed by atoms with Crippen molar-refractivity contribution in [1.82, 2.24) is 15.2 Å². The van der Waals surface area contributed by atoms with Gasteiger partial charge in [0.25, 0.3) is 11.4 Å². The van der Waals surface area contributed by atoms with E-state index in [1.165, 1.54) is 0 Å². The SMILES string of the molecule is CC(C)Oc1n[nH]c(=O)c(Cl)c1NCc1cccnc1.Cl. The normalized spacial score (nSPS) is 10.1. The van der Waals surface area contributed by atoms with Crippen LogP contribution in [0.2, 0.25) is 5.02 Å². The molecule has 2 rings (SSSR count). The fraction of sp³-hybridized carbons (Fsp3) is 0.308. The molecule has 2 heterocycles. The number of anilines is 1. The Balaban J connectivity index is 0.00000220. The monoisotopic (exact) mass is 330 g/mol. The number of hydrogen-bond acceptors (Lipinski definition) is 5. The topological polar surface area (TPSA) is 79.9 Å². The van der Waals surface area contributed by atoms with Crippen LogP contribution in [0.3, 0.4) is 0 Å². The van der Waals surface area contributed by atoms with Crippen molar-refractivity contribution in [2.45, 2.75) is 26.5 Å². The molecule has 0 saturated carbocycles. The van der Waals surface area contributed by atoms with Crippen molar-refractivity contribution in [3.8, 4) is 5.88 Å². The summed E-state index contributed by atoms with van der Waals surface area (Å²) >= 11 is 6.01. The molecule has 0 radical (unpaired) electrons. The lowest BCUT2D eigenvalue weighted by molar-refractivity contribution is 0.231. The van der Waals surface area contributed by atoms with E-state index in [0.717, 1.165) is 5.56 Å². The Morgan fingerprint density at radius 3 is 2.86 bits per heavy atom. The van der Waals surface area contributed by atoms with Gasteiger partial charge in [-0.1, -0.05) is 17.7 Å². The minimum atomic E-state index is -0.462. The maximum Gasteiger partial charge on any atom is 0.285 e. The van der Waals surface area contributed by atoms with Crippen molar-refractivity contribution < 1.29 is 4.74 Å². The number of hydrogen-bond donors (Lipinski definition) is 2. The molecule has 0 aliphatic rings. The average Bonchev–Trinajstić information content (AvgIpc) is 2.43. The number of H-pyrrole nitrogens is 1. The van der Waals surface area contributed by atoms with Crippen molar-refractivity contribution in [2.75, 3.05) is 5.32 Å². The fourth-order valence-corrected chi connectivity index (χ4v) is 1.76. The maximum absolute atomic E-state index is 11.5. The lowest BCUT2D eigenvalue weighted by Crippen LogP contribution is -2.17. The molecule has 2 aromatic rings. The van der Waals surface area contributed by atoms with Crippen LogP contribution in [0.25, 0.3) is 0 Å². The molecule has 0 bridgehead atoms. The van der Waals surface area contributed by atoms with Gasteiger partial charge in [0.15, 0.2) is 0 Å². The molecule has 0 saturated heterocycles. The fourth-order valence-electron chi connectivity index (χ4n) is 1.57. The molecule has 6 nitrogen and oxygen atoms in total. The number of halogens is 2. The standard InChI is InChI=1S/C13H15ClN4O2.ClH/c1-8(2)20-13-11(10(14)12(19)17-18-13)16-7-9-4-3-5-15-6-9;/h3-6,8H,7H2,1-2H3,(H2,16,17,19);1H. The van der Waals surface area contributed by atoms with E-state index in [-0.39, 0.29) is 29.4 Å². The molecular formula is C13H16Cl2N4O2. The first-order valence-electron chi connectivity index (χ1n) is 6.15. The lowest BCUT2D eigenvalue weighted by Gasteiger charge is -2.14. The van der Waals surface area contributed by atoms with Crippen molar-refractivity contribution in [3.05, 3.63) is 45.5 Å². The Morgan fingerprint density at radius 2 is 2.24 bits per heavy atom. The number of rotatable bonds is 5. The molecule has 21 heavy (non-hydrogen) atoms. The molecule has 8 heteroatoms. The predicted molar refractivity (Wildman–Crippen MR) is 84.4 cm³/mol. The zero-order valence-corrected chi connectivity index (χ0v) is 13.2. The van der Waals surface area contributed by atoms with Gasteiger partial charge in [0, 0.05) is 18.9 Å². The molecule has 2 N–H and O–H groups in total. The van der Waals surface area contributed by atoms with Crippen LogP contribution in [0.4, 0.5) is 5.69 Å². The second-order valence-corrected chi connectivity index (χ2v) is 4.81. The first kappa shape index (κ1) is 17.3. The summed E-state index contributed by atoms with van der Waals surface area (Å²) in [6.07, 6.45) is 3.34. The van der Waals surface area contributed by atoms with Gasteiger partial charge in [-0.15, -0.1) is 17.5 Å². The number of nitrogens with zero attached hydrogens (tertiary/aromatic N) is 2. The van der Waals surface area contributed by atoms with E-state index in [2.05, 4.69) is 20.5 Å². The van der Waals surface area contributed by atoms with Crippen LogP contribution in [-0.4, -0.2) is 21.3 Å². The number of pyridine rings is 1. The van der Waals surface area contributed by atoms with E-state index in [1.807, 2.05) is 26.0 Å². The van der Waals surface area contributed by atoms with Crippen molar-refractivity contribution >= 4 is 29.7 Å². The third-order valence-electron chi connectivity index (χ3n) is 2.43. The smallest absolute Gasteiger partial charge is 0.285 e. The minimum Gasteiger partial charge on any atom is -0.472 e. The van der Waals surface area contributed by atoms with E-state index in [4.69, 9.17) is 16.3 Å². The van der Waals surface area contributed by atoms with Crippen molar-refractivity contribution in [2.24, 2.45) is 0 Å². The van der Waals surface area contributed by atoms with Crippen molar-refractivity contribution in [1.29, 1.82) is 0 Å². The number of ether oxygens (including phenoxy) is 1. The Labute approximate surface area is 133 Å². The molecule has 0 aliphatic heterocycles. The van der Waals surface area contributed by atoms with Crippen LogP contribution in [0.1, 0.15) is 19.4 Å². The average molecular weight is 331 g/mol. The molecule has 0 fully saturated rings. The van der Waals surface area contributed by atoms with E-state index in [1.54, 1.807) is 12.4 Å². The summed E-state index contributed by atoms with van der Waals surface area (Å²) in [6.45, 7) is 4.20. The summed E-state index contributed by atoms with van der Waals surface area (Å²) in [5.74, 6) is 0.272. The summed E-state index contributed by atoms with van der Waals surface area (Å²) in [4.78, 5) is 15.6. The van der Waals surface area contributed by atoms with Crippen LogP contribution in [0.15, 0.2) is 29.3 Å². The molecule has 0 aromatic carbocycles. The summed E-state index contributed by atoms with van der Waals surface area (Å²) in [5.41, 5.74) is 0.878. The van der Waals surface area contributed by atoms with Crippen LogP contribution < -0.4 is 15.6 Å². The molecule has 0 spiro atoms. The number of nitrogens with one attached hydrogen (secondary N) is 2. The molecule has 114 valence electrons. The van der Waals surface area contributed by atoms with Crippen molar-refractivity contribution in [3.63, 3.8) is 0 Å². The highest BCUT2D eigenvalue weighted by molar-refractivity contribution is 6.33. The Morgan fingerprint density at radius 1 is 1.48 bits per heavy atom. The van der Waals surface area contributed by atoms with Gasteiger partial charge in [0.1, 0.15) is 10.7 Å². The van der Waals surface area contributed by atoms with E-state index in [9.17, 15) is 4.79 Å².